The van der Waals surface area contributed by atoms with E-state index in [1.165, 1.54) is 11.8 Å². The Kier molecular flexibility index (Phi) is 3.10. The molecule has 2 aromatic rings. The minimum absolute atomic E-state index is 0.189. The predicted molar refractivity (Wildman–Crippen MR) is 58.5 cm³/mol. The van der Waals surface area contributed by atoms with Crippen molar-refractivity contribution in [3.8, 4) is 0 Å². The Bertz CT molecular complexity index is 566. The number of rotatable bonds is 4. The van der Waals surface area contributed by atoms with E-state index in [9.17, 15) is 4.79 Å². The summed E-state index contributed by atoms with van der Waals surface area (Å²) in [5.74, 6) is -0.209. The summed E-state index contributed by atoms with van der Waals surface area (Å²) >= 11 is 0. The van der Waals surface area contributed by atoms with Crippen molar-refractivity contribution in [1.82, 2.24) is 19.6 Å². The number of hydrogen-bond acceptors (Lipinski definition) is 5. The van der Waals surface area contributed by atoms with Crippen LogP contribution in [0.4, 0.5) is 0 Å². The summed E-state index contributed by atoms with van der Waals surface area (Å²) in [4.78, 5) is 11.5. The average Bonchev–Trinajstić information content (AvgIpc) is 2.73. The molecule has 92 valence electrons. The Labute approximate surface area is 97.6 Å². The highest BCUT2D eigenvalue weighted by atomic mass is 16.5. The molecule has 0 aliphatic rings. The van der Waals surface area contributed by atoms with E-state index in [1.54, 1.807) is 4.68 Å². The normalized spacial score (nSPS) is 11.0. The second-order valence-corrected chi connectivity index (χ2v) is 3.77. The van der Waals surface area contributed by atoms with Gasteiger partial charge in [-0.3, -0.25) is 4.68 Å². The first-order chi connectivity index (χ1) is 8.10. The molecular formula is C10H14N4O3. The number of hydrogen-bond donors (Lipinski definition) is 0. The molecule has 0 aromatic carbocycles. The molecule has 0 amide bonds. The Hall–Kier alpha value is -1.89. The van der Waals surface area contributed by atoms with Crippen LogP contribution in [0.15, 0.2) is 15.4 Å². The van der Waals surface area contributed by atoms with Gasteiger partial charge in [-0.05, 0) is 6.92 Å². The predicted octanol–water partition coefficient (Wildman–Crippen LogP) is 0.0729. The molecule has 0 saturated heterocycles. The van der Waals surface area contributed by atoms with E-state index in [0.29, 0.717) is 6.54 Å². The Morgan fingerprint density at radius 3 is 2.82 bits per heavy atom. The van der Waals surface area contributed by atoms with Crippen LogP contribution in [0.2, 0.25) is 0 Å². The van der Waals surface area contributed by atoms with Gasteiger partial charge in [0.25, 0.3) is 0 Å². The molecule has 0 N–H and O–H groups in total. The molecule has 2 rings (SSSR count). The van der Waals surface area contributed by atoms with E-state index in [1.807, 2.05) is 20.2 Å². The van der Waals surface area contributed by atoms with Crippen molar-refractivity contribution in [3.05, 3.63) is 33.9 Å². The van der Waals surface area contributed by atoms with E-state index in [4.69, 9.17) is 9.15 Å². The summed E-state index contributed by atoms with van der Waals surface area (Å²) in [6.07, 6.45) is 1.85. The second kappa shape index (κ2) is 4.54. The molecule has 0 atom stereocenters. The molecule has 0 aliphatic heterocycles. The maximum atomic E-state index is 11.5. The van der Waals surface area contributed by atoms with Gasteiger partial charge >= 0.3 is 5.76 Å². The summed E-state index contributed by atoms with van der Waals surface area (Å²) in [5.41, 5.74) is 1.81. The molecular weight excluding hydrogens is 224 g/mol. The lowest BCUT2D eigenvalue weighted by atomic mass is 10.3. The minimum Gasteiger partial charge on any atom is -0.390 e. The highest BCUT2D eigenvalue weighted by Crippen LogP contribution is 2.05. The molecule has 7 heteroatoms. The number of nitrogens with zero attached hydrogens (tertiary/aromatic N) is 4. The molecule has 0 saturated carbocycles. The monoisotopic (exact) mass is 238 g/mol. The standard InChI is InChI=1S/C10H14N4O3/c1-7-8(4-13(2)11-7)5-14-10(15)17-9(12-14)6-16-3/h4H,5-6H2,1-3H3. The first kappa shape index (κ1) is 11.6. The molecule has 0 aliphatic carbocycles. The SMILES string of the molecule is COCc1nn(Cc2cn(C)nc2C)c(=O)o1. The summed E-state index contributed by atoms with van der Waals surface area (Å²) in [7, 11) is 3.35. The molecule has 17 heavy (non-hydrogen) atoms. The topological polar surface area (TPSA) is 75.1 Å². The van der Waals surface area contributed by atoms with Crippen LogP contribution >= 0.6 is 0 Å². The van der Waals surface area contributed by atoms with Crippen LogP contribution in [0.1, 0.15) is 17.1 Å². The number of aromatic nitrogens is 4. The molecule has 0 radical (unpaired) electrons. The van der Waals surface area contributed by atoms with Crippen LogP contribution in [-0.2, 0) is 24.9 Å². The zero-order chi connectivity index (χ0) is 12.4. The lowest BCUT2D eigenvalue weighted by Crippen LogP contribution is -2.16. The van der Waals surface area contributed by atoms with Crippen molar-refractivity contribution >= 4 is 0 Å². The van der Waals surface area contributed by atoms with E-state index in [-0.39, 0.29) is 12.5 Å². The fraction of sp³-hybridized carbons (Fsp3) is 0.500. The van der Waals surface area contributed by atoms with Crippen LogP contribution in [-0.4, -0.2) is 26.7 Å². The van der Waals surface area contributed by atoms with Crippen LogP contribution in [0.25, 0.3) is 0 Å². The summed E-state index contributed by atoms with van der Waals surface area (Å²) in [5, 5.41) is 8.22. The van der Waals surface area contributed by atoms with Crippen LogP contribution in [0.3, 0.4) is 0 Å². The van der Waals surface area contributed by atoms with Crippen LogP contribution in [0, 0.1) is 6.92 Å². The van der Waals surface area contributed by atoms with Crippen LogP contribution < -0.4 is 5.76 Å². The van der Waals surface area contributed by atoms with Gasteiger partial charge in [-0.25, -0.2) is 4.79 Å². The van der Waals surface area contributed by atoms with E-state index < -0.39 is 5.76 Å². The van der Waals surface area contributed by atoms with E-state index in [0.717, 1.165) is 11.3 Å². The lowest BCUT2D eigenvalue weighted by Gasteiger charge is -1.95. The maximum Gasteiger partial charge on any atom is 0.437 e. The molecule has 0 fully saturated rings. The van der Waals surface area contributed by atoms with Crippen molar-refractivity contribution in [1.29, 1.82) is 0 Å². The Morgan fingerprint density at radius 2 is 2.24 bits per heavy atom. The van der Waals surface area contributed by atoms with Crippen molar-refractivity contribution in [2.45, 2.75) is 20.1 Å². The summed E-state index contributed by atoms with van der Waals surface area (Å²) in [6.45, 7) is 2.43. The largest absolute Gasteiger partial charge is 0.437 e. The molecule has 0 bridgehead atoms. The third-order valence-electron chi connectivity index (χ3n) is 2.35. The fourth-order valence-corrected chi connectivity index (χ4v) is 1.60. The minimum atomic E-state index is -0.486. The lowest BCUT2D eigenvalue weighted by molar-refractivity contribution is 0.158. The van der Waals surface area contributed by atoms with Gasteiger partial charge in [0.05, 0.1) is 12.2 Å². The van der Waals surface area contributed by atoms with E-state index in [2.05, 4.69) is 10.2 Å². The van der Waals surface area contributed by atoms with Gasteiger partial charge in [0, 0.05) is 25.9 Å². The third kappa shape index (κ3) is 2.44. The fourth-order valence-electron chi connectivity index (χ4n) is 1.60. The van der Waals surface area contributed by atoms with E-state index >= 15 is 0 Å². The quantitative estimate of drug-likeness (QED) is 0.753. The highest BCUT2D eigenvalue weighted by molar-refractivity contribution is 5.15. The zero-order valence-corrected chi connectivity index (χ0v) is 10.0. The first-order valence-electron chi connectivity index (χ1n) is 5.15. The zero-order valence-electron chi connectivity index (χ0n) is 10.0. The van der Waals surface area contributed by atoms with Crippen molar-refractivity contribution in [3.63, 3.8) is 0 Å². The molecule has 7 nitrogen and oxygen atoms in total. The van der Waals surface area contributed by atoms with Gasteiger partial charge < -0.3 is 9.15 Å². The van der Waals surface area contributed by atoms with Gasteiger partial charge in [0.2, 0.25) is 5.89 Å². The van der Waals surface area contributed by atoms with Crippen LogP contribution in [0.5, 0.6) is 0 Å². The Balaban J connectivity index is 2.24. The van der Waals surface area contributed by atoms with Crippen molar-refractivity contribution in [2.24, 2.45) is 7.05 Å². The second-order valence-electron chi connectivity index (χ2n) is 3.77. The smallest absolute Gasteiger partial charge is 0.390 e. The molecule has 2 heterocycles. The number of aryl methyl sites for hydroxylation is 2. The third-order valence-corrected chi connectivity index (χ3v) is 2.35. The van der Waals surface area contributed by atoms with Crippen molar-refractivity contribution < 1.29 is 9.15 Å². The number of ether oxygens (including phenoxy) is 1. The molecule has 0 unspecified atom stereocenters. The maximum absolute atomic E-state index is 11.5. The van der Waals surface area contributed by atoms with Gasteiger partial charge in [-0.15, -0.1) is 5.10 Å². The average molecular weight is 238 g/mol. The van der Waals surface area contributed by atoms with Gasteiger partial charge in [-0.1, -0.05) is 0 Å². The number of methoxy groups -OCH3 is 1. The Morgan fingerprint density at radius 1 is 1.47 bits per heavy atom. The van der Waals surface area contributed by atoms with Gasteiger partial charge in [0.15, 0.2) is 0 Å². The molecule has 0 spiro atoms. The summed E-state index contributed by atoms with van der Waals surface area (Å²) in [6, 6.07) is 0. The summed E-state index contributed by atoms with van der Waals surface area (Å²) < 4.78 is 12.7. The first-order valence-corrected chi connectivity index (χ1v) is 5.15. The van der Waals surface area contributed by atoms with Gasteiger partial charge in [-0.2, -0.15) is 9.78 Å². The van der Waals surface area contributed by atoms with Gasteiger partial charge in [0.1, 0.15) is 6.61 Å². The van der Waals surface area contributed by atoms with Crippen molar-refractivity contribution in [2.75, 3.05) is 7.11 Å². The molecule has 2 aromatic heterocycles. The highest BCUT2D eigenvalue weighted by Gasteiger charge is 2.10.